The lowest BCUT2D eigenvalue weighted by Gasteiger charge is -2.36. The Hall–Kier alpha value is -3.48. The van der Waals surface area contributed by atoms with Crippen molar-refractivity contribution < 1.29 is 19.0 Å². The predicted molar refractivity (Wildman–Crippen MR) is 122 cm³/mol. The monoisotopic (exact) mass is 435 g/mol. The number of rotatable bonds is 6. The zero-order valence-corrected chi connectivity index (χ0v) is 19.1. The van der Waals surface area contributed by atoms with Crippen LogP contribution >= 0.6 is 0 Å². The molecule has 0 saturated carbocycles. The highest BCUT2D eigenvalue weighted by atomic mass is 16.5. The van der Waals surface area contributed by atoms with Crippen LogP contribution in [0.15, 0.2) is 48.7 Å². The zero-order valence-electron chi connectivity index (χ0n) is 19.1. The minimum absolute atomic E-state index is 0.00674. The van der Waals surface area contributed by atoms with Crippen LogP contribution in [0.1, 0.15) is 47.9 Å². The maximum absolute atomic E-state index is 13.3. The van der Waals surface area contributed by atoms with Gasteiger partial charge in [0.25, 0.3) is 5.91 Å². The summed E-state index contributed by atoms with van der Waals surface area (Å²) in [6.07, 6.45) is 3.57. The number of hydrogen-bond acceptors (Lipinski definition) is 5. The molecule has 0 aliphatic heterocycles. The van der Waals surface area contributed by atoms with Gasteiger partial charge in [-0.1, -0.05) is 32.0 Å². The quantitative estimate of drug-likeness (QED) is 0.623. The van der Waals surface area contributed by atoms with Gasteiger partial charge in [-0.25, -0.2) is 4.68 Å². The van der Waals surface area contributed by atoms with Crippen LogP contribution in [0.4, 0.5) is 0 Å². The Balaban J connectivity index is 1.67. The molecule has 7 heteroatoms. The maximum atomic E-state index is 13.3. The van der Waals surface area contributed by atoms with Gasteiger partial charge in [0.1, 0.15) is 0 Å². The Morgan fingerprint density at radius 1 is 1.06 bits per heavy atom. The Labute approximate surface area is 188 Å². The van der Waals surface area contributed by atoms with Crippen molar-refractivity contribution in [3.8, 4) is 22.9 Å². The predicted octanol–water partition coefficient (Wildman–Crippen LogP) is 4.34. The summed E-state index contributed by atoms with van der Waals surface area (Å²) in [4.78, 5) is 13.3. The molecule has 1 aromatic heterocycles. The van der Waals surface area contributed by atoms with Crippen LogP contribution in [-0.4, -0.2) is 37.0 Å². The van der Waals surface area contributed by atoms with E-state index in [1.54, 1.807) is 12.1 Å². The summed E-state index contributed by atoms with van der Waals surface area (Å²) in [7, 11) is 4.61. The van der Waals surface area contributed by atoms with Gasteiger partial charge in [-0.15, -0.1) is 0 Å². The summed E-state index contributed by atoms with van der Waals surface area (Å²) in [5, 5.41) is 7.86. The van der Waals surface area contributed by atoms with Gasteiger partial charge >= 0.3 is 0 Å². The van der Waals surface area contributed by atoms with Gasteiger partial charge in [-0.05, 0) is 42.5 Å². The standard InChI is InChI=1S/C25H29N3O4/c1-25(2)13-19(18-15-26-28(20(18)14-25)17-9-7-6-8-10-17)27-24(29)16-11-21(30-3)23(32-5)22(12-16)31-4/h6-12,15,19H,13-14H2,1-5H3,(H,27,29)/t19-/m0/s1. The number of amides is 1. The third kappa shape index (κ3) is 4.02. The highest BCUT2D eigenvalue weighted by Gasteiger charge is 2.36. The van der Waals surface area contributed by atoms with Gasteiger partial charge < -0.3 is 19.5 Å². The molecule has 7 nitrogen and oxygen atoms in total. The van der Waals surface area contributed by atoms with E-state index >= 15 is 0 Å². The van der Waals surface area contributed by atoms with Gasteiger partial charge in [0, 0.05) is 11.1 Å². The van der Waals surface area contributed by atoms with E-state index in [4.69, 9.17) is 14.2 Å². The van der Waals surface area contributed by atoms with Crippen molar-refractivity contribution >= 4 is 5.91 Å². The first-order valence-electron chi connectivity index (χ1n) is 10.6. The average molecular weight is 436 g/mol. The summed E-state index contributed by atoms with van der Waals surface area (Å²) in [5.74, 6) is 1.14. The summed E-state index contributed by atoms with van der Waals surface area (Å²) >= 11 is 0. The number of nitrogens with zero attached hydrogens (tertiary/aromatic N) is 2. The van der Waals surface area contributed by atoms with E-state index in [9.17, 15) is 4.79 Å². The topological polar surface area (TPSA) is 74.6 Å². The molecule has 2 aromatic carbocycles. The highest BCUT2D eigenvalue weighted by molar-refractivity contribution is 5.96. The number of para-hydroxylation sites is 1. The number of ether oxygens (including phenoxy) is 3. The Morgan fingerprint density at radius 2 is 1.72 bits per heavy atom. The van der Waals surface area contributed by atoms with E-state index in [0.29, 0.717) is 22.8 Å². The van der Waals surface area contributed by atoms with Crippen molar-refractivity contribution in [1.29, 1.82) is 0 Å². The molecule has 0 bridgehead atoms. The number of carbonyl (C=O) groups is 1. The fraction of sp³-hybridized carbons (Fsp3) is 0.360. The lowest BCUT2D eigenvalue weighted by atomic mass is 9.74. The molecule has 1 aliphatic rings. The van der Waals surface area contributed by atoms with Crippen LogP contribution in [0.25, 0.3) is 5.69 Å². The number of fused-ring (bicyclic) bond motifs is 1. The van der Waals surface area contributed by atoms with E-state index in [-0.39, 0.29) is 17.4 Å². The molecule has 1 N–H and O–H groups in total. The summed E-state index contributed by atoms with van der Waals surface area (Å²) in [5.41, 5.74) is 3.64. The first-order chi connectivity index (χ1) is 15.4. The number of aromatic nitrogens is 2. The van der Waals surface area contributed by atoms with Gasteiger partial charge in [0.15, 0.2) is 11.5 Å². The van der Waals surface area contributed by atoms with E-state index in [2.05, 4.69) is 24.3 Å². The van der Waals surface area contributed by atoms with Crippen molar-refractivity contribution in [3.63, 3.8) is 0 Å². The number of benzene rings is 2. The molecular formula is C25H29N3O4. The maximum Gasteiger partial charge on any atom is 0.252 e. The third-order valence-electron chi connectivity index (χ3n) is 5.91. The van der Waals surface area contributed by atoms with Crippen LogP contribution in [0, 0.1) is 5.41 Å². The molecule has 1 amide bonds. The Kier molecular flexibility index (Phi) is 5.82. The highest BCUT2D eigenvalue weighted by Crippen LogP contribution is 2.42. The molecule has 0 saturated heterocycles. The number of carbonyl (C=O) groups excluding carboxylic acids is 1. The van der Waals surface area contributed by atoms with E-state index in [1.807, 2.05) is 41.2 Å². The lowest BCUT2D eigenvalue weighted by molar-refractivity contribution is 0.0918. The molecular weight excluding hydrogens is 406 g/mol. The molecule has 0 spiro atoms. The Morgan fingerprint density at radius 3 is 2.31 bits per heavy atom. The van der Waals surface area contributed by atoms with E-state index < -0.39 is 0 Å². The number of nitrogens with one attached hydrogen (secondary N) is 1. The van der Waals surface area contributed by atoms with Crippen molar-refractivity contribution in [3.05, 3.63) is 65.5 Å². The minimum atomic E-state index is -0.203. The van der Waals surface area contributed by atoms with E-state index in [1.165, 1.54) is 21.3 Å². The Bertz CT molecular complexity index is 1100. The lowest BCUT2D eigenvalue weighted by Crippen LogP contribution is -2.36. The normalized spacial score (nSPS) is 16.7. The minimum Gasteiger partial charge on any atom is -0.493 e. The third-order valence-corrected chi connectivity index (χ3v) is 5.91. The fourth-order valence-electron chi connectivity index (χ4n) is 4.42. The van der Waals surface area contributed by atoms with Crippen LogP contribution < -0.4 is 19.5 Å². The second-order valence-electron chi connectivity index (χ2n) is 8.78. The zero-order chi connectivity index (χ0) is 22.9. The van der Waals surface area contributed by atoms with Crippen molar-refractivity contribution in [2.45, 2.75) is 32.7 Å². The SMILES string of the molecule is COc1cc(C(=O)N[C@H]2CC(C)(C)Cc3c2cnn3-c2ccccc2)cc(OC)c1OC. The van der Waals surface area contributed by atoms with Crippen LogP contribution in [-0.2, 0) is 6.42 Å². The number of methoxy groups -OCH3 is 3. The fourth-order valence-corrected chi connectivity index (χ4v) is 4.42. The molecule has 3 aromatic rings. The molecule has 1 atom stereocenters. The molecule has 1 heterocycles. The van der Waals surface area contributed by atoms with Gasteiger partial charge in [-0.3, -0.25) is 4.79 Å². The largest absolute Gasteiger partial charge is 0.493 e. The first kappa shape index (κ1) is 21.7. The second kappa shape index (κ2) is 8.57. The smallest absolute Gasteiger partial charge is 0.252 e. The van der Waals surface area contributed by atoms with Gasteiger partial charge in [0.2, 0.25) is 5.75 Å². The van der Waals surface area contributed by atoms with Crippen molar-refractivity contribution in [2.75, 3.05) is 21.3 Å². The molecule has 0 fully saturated rings. The average Bonchev–Trinajstić information content (AvgIpc) is 3.21. The molecule has 0 radical (unpaired) electrons. The second-order valence-corrected chi connectivity index (χ2v) is 8.78. The summed E-state index contributed by atoms with van der Waals surface area (Å²) in [6, 6.07) is 13.2. The summed E-state index contributed by atoms with van der Waals surface area (Å²) < 4.78 is 18.2. The number of hydrogen-bond donors (Lipinski definition) is 1. The first-order valence-corrected chi connectivity index (χ1v) is 10.6. The molecule has 32 heavy (non-hydrogen) atoms. The summed E-state index contributed by atoms with van der Waals surface area (Å²) in [6.45, 7) is 4.44. The molecule has 0 unspecified atom stereocenters. The van der Waals surface area contributed by atoms with Crippen molar-refractivity contribution in [1.82, 2.24) is 15.1 Å². The van der Waals surface area contributed by atoms with Crippen LogP contribution in [0.3, 0.4) is 0 Å². The van der Waals surface area contributed by atoms with Gasteiger partial charge in [-0.2, -0.15) is 5.10 Å². The van der Waals surface area contributed by atoms with Gasteiger partial charge in [0.05, 0.1) is 44.9 Å². The van der Waals surface area contributed by atoms with Crippen LogP contribution in [0.2, 0.25) is 0 Å². The van der Waals surface area contributed by atoms with Crippen LogP contribution in [0.5, 0.6) is 17.2 Å². The molecule has 168 valence electrons. The van der Waals surface area contributed by atoms with Crippen molar-refractivity contribution in [2.24, 2.45) is 5.41 Å². The van der Waals surface area contributed by atoms with E-state index in [0.717, 1.165) is 29.8 Å². The molecule has 4 rings (SSSR count). The molecule has 1 aliphatic carbocycles.